The molecule has 1 aromatic carbocycles. The van der Waals surface area contributed by atoms with Crippen molar-refractivity contribution < 1.29 is 24.3 Å². The summed E-state index contributed by atoms with van der Waals surface area (Å²) in [7, 11) is 0. The summed E-state index contributed by atoms with van der Waals surface area (Å²) >= 11 is 0. The van der Waals surface area contributed by atoms with E-state index in [1.807, 2.05) is 30.3 Å². The molecule has 0 bridgehead atoms. The number of nitrogens with one attached hydrogen (secondary N) is 1. The normalized spacial score (nSPS) is 16.8. The minimum absolute atomic E-state index is 0.167. The number of carboxylic acid groups (broad SMARTS) is 1. The van der Waals surface area contributed by atoms with Gasteiger partial charge in [0.05, 0.1) is 12.5 Å². The summed E-state index contributed by atoms with van der Waals surface area (Å²) in [4.78, 5) is 48.5. The first kappa shape index (κ1) is 21.4. The van der Waals surface area contributed by atoms with Gasteiger partial charge >= 0.3 is 5.97 Å². The molecule has 6 N–H and O–H groups in total. The van der Waals surface area contributed by atoms with Crippen LogP contribution in [-0.4, -0.2) is 58.9 Å². The molecule has 0 aliphatic carbocycles. The highest BCUT2D eigenvalue weighted by Crippen LogP contribution is 2.19. The Balaban J connectivity index is 1.84. The average molecular weight is 390 g/mol. The summed E-state index contributed by atoms with van der Waals surface area (Å²) in [5.41, 5.74) is 12.0. The summed E-state index contributed by atoms with van der Waals surface area (Å²) in [6.45, 7) is 0.736. The molecule has 0 aromatic heterocycles. The number of carbonyl (C=O) groups is 4. The number of primary amides is 1. The first-order chi connectivity index (χ1) is 13.3. The fraction of sp³-hybridized carbons (Fsp3) is 0.474. The van der Waals surface area contributed by atoms with Crippen LogP contribution in [0.1, 0.15) is 24.8 Å². The van der Waals surface area contributed by atoms with Crippen molar-refractivity contribution in [2.24, 2.45) is 17.4 Å². The highest BCUT2D eigenvalue weighted by molar-refractivity contribution is 5.89. The molecule has 1 aliphatic rings. The quantitative estimate of drug-likeness (QED) is 0.457. The fourth-order valence-electron chi connectivity index (χ4n) is 3.24. The van der Waals surface area contributed by atoms with Gasteiger partial charge in [0.1, 0.15) is 6.04 Å². The largest absolute Gasteiger partial charge is 0.480 e. The van der Waals surface area contributed by atoms with Crippen LogP contribution in [0, 0.1) is 5.92 Å². The van der Waals surface area contributed by atoms with Crippen molar-refractivity contribution in [3.63, 3.8) is 0 Å². The van der Waals surface area contributed by atoms with E-state index >= 15 is 0 Å². The van der Waals surface area contributed by atoms with Gasteiger partial charge in [0.25, 0.3) is 0 Å². The summed E-state index contributed by atoms with van der Waals surface area (Å²) in [5.74, 6) is -3.16. The Morgan fingerprint density at radius 1 is 1.14 bits per heavy atom. The van der Waals surface area contributed by atoms with Crippen molar-refractivity contribution in [2.75, 3.05) is 13.1 Å². The molecule has 2 atom stereocenters. The summed E-state index contributed by atoms with van der Waals surface area (Å²) in [6, 6.07) is 7.50. The van der Waals surface area contributed by atoms with Gasteiger partial charge in [0, 0.05) is 19.0 Å². The number of likely N-dealkylation sites (tertiary alicyclic amines) is 1. The molecule has 3 amide bonds. The molecule has 2 rings (SSSR count). The Kier molecular flexibility index (Phi) is 7.51. The molecule has 2 unspecified atom stereocenters. The number of nitrogens with zero attached hydrogens (tertiary/aromatic N) is 1. The molecule has 1 fully saturated rings. The van der Waals surface area contributed by atoms with Gasteiger partial charge in [-0.3, -0.25) is 14.4 Å². The SMILES string of the molecule is NC(=O)CC(NC(=O)C1CCN(C(=O)C(N)Cc2ccccc2)CC1)C(=O)O. The van der Waals surface area contributed by atoms with E-state index in [2.05, 4.69) is 5.32 Å². The van der Waals surface area contributed by atoms with E-state index in [0.29, 0.717) is 32.4 Å². The zero-order valence-electron chi connectivity index (χ0n) is 15.5. The maximum Gasteiger partial charge on any atom is 0.326 e. The molecular formula is C19H26N4O5. The minimum atomic E-state index is -1.34. The topological polar surface area (TPSA) is 156 Å². The van der Waals surface area contributed by atoms with Crippen LogP contribution in [0.2, 0.25) is 0 Å². The number of nitrogens with two attached hydrogens (primary N) is 2. The van der Waals surface area contributed by atoms with Crippen LogP contribution < -0.4 is 16.8 Å². The predicted molar refractivity (Wildman–Crippen MR) is 101 cm³/mol. The fourth-order valence-corrected chi connectivity index (χ4v) is 3.24. The number of aliphatic carboxylic acids is 1. The summed E-state index contributed by atoms with van der Waals surface area (Å²) in [6.07, 6.45) is 0.775. The van der Waals surface area contributed by atoms with Gasteiger partial charge in [-0.15, -0.1) is 0 Å². The van der Waals surface area contributed by atoms with E-state index in [-0.39, 0.29) is 5.91 Å². The first-order valence-corrected chi connectivity index (χ1v) is 9.17. The van der Waals surface area contributed by atoms with Gasteiger partial charge < -0.3 is 26.8 Å². The van der Waals surface area contributed by atoms with Crippen molar-refractivity contribution in [2.45, 2.75) is 37.8 Å². The number of carbonyl (C=O) groups excluding carboxylic acids is 3. The van der Waals surface area contributed by atoms with Crippen molar-refractivity contribution in [3.8, 4) is 0 Å². The summed E-state index contributed by atoms with van der Waals surface area (Å²) < 4.78 is 0. The molecule has 0 spiro atoms. The number of piperidine rings is 1. The molecule has 1 aromatic rings. The van der Waals surface area contributed by atoms with E-state index in [1.54, 1.807) is 4.90 Å². The molecule has 1 aliphatic heterocycles. The summed E-state index contributed by atoms with van der Waals surface area (Å²) in [5, 5.41) is 11.4. The van der Waals surface area contributed by atoms with Crippen LogP contribution in [0.3, 0.4) is 0 Å². The monoisotopic (exact) mass is 390 g/mol. The molecule has 1 saturated heterocycles. The second-order valence-corrected chi connectivity index (χ2v) is 6.97. The van der Waals surface area contributed by atoms with Crippen molar-refractivity contribution in [1.29, 1.82) is 0 Å². The van der Waals surface area contributed by atoms with Crippen LogP contribution in [0.15, 0.2) is 30.3 Å². The Morgan fingerprint density at radius 2 is 1.75 bits per heavy atom. The van der Waals surface area contributed by atoms with Crippen LogP contribution in [0.25, 0.3) is 0 Å². The van der Waals surface area contributed by atoms with Crippen molar-refractivity contribution in [3.05, 3.63) is 35.9 Å². The van der Waals surface area contributed by atoms with Crippen LogP contribution in [-0.2, 0) is 25.6 Å². The Bertz CT molecular complexity index is 716. The zero-order chi connectivity index (χ0) is 20.7. The van der Waals surface area contributed by atoms with Gasteiger partial charge in [0.2, 0.25) is 17.7 Å². The first-order valence-electron chi connectivity index (χ1n) is 9.17. The molecule has 0 radical (unpaired) electrons. The third kappa shape index (κ3) is 6.05. The molecule has 152 valence electrons. The third-order valence-corrected chi connectivity index (χ3v) is 4.81. The van der Waals surface area contributed by atoms with Gasteiger partial charge in [-0.2, -0.15) is 0 Å². The van der Waals surface area contributed by atoms with Crippen molar-refractivity contribution in [1.82, 2.24) is 10.2 Å². The van der Waals surface area contributed by atoms with Crippen LogP contribution in [0.5, 0.6) is 0 Å². The lowest BCUT2D eigenvalue weighted by molar-refractivity contribution is -0.144. The van der Waals surface area contributed by atoms with E-state index in [1.165, 1.54) is 0 Å². The van der Waals surface area contributed by atoms with Gasteiger partial charge in [0.15, 0.2) is 0 Å². The van der Waals surface area contributed by atoms with Crippen LogP contribution >= 0.6 is 0 Å². The maximum atomic E-state index is 12.5. The lowest BCUT2D eigenvalue weighted by Crippen LogP contribution is -2.51. The van der Waals surface area contributed by atoms with Crippen molar-refractivity contribution >= 4 is 23.7 Å². The van der Waals surface area contributed by atoms with E-state index in [4.69, 9.17) is 16.6 Å². The standard InChI is InChI=1S/C19H26N4O5/c20-14(10-12-4-2-1-3-5-12)18(26)23-8-6-13(7-9-23)17(25)22-15(19(27)28)11-16(21)24/h1-5,13-15H,6-11,20H2,(H2,21,24)(H,22,25)(H,27,28). The molecule has 0 saturated carbocycles. The Hall–Kier alpha value is -2.94. The second-order valence-electron chi connectivity index (χ2n) is 6.97. The highest BCUT2D eigenvalue weighted by Gasteiger charge is 2.31. The molecule has 9 nitrogen and oxygen atoms in total. The van der Waals surface area contributed by atoms with Gasteiger partial charge in [-0.05, 0) is 24.8 Å². The number of amides is 3. The minimum Gasteiger partial charge on any atom is -0.480 e. The molecule has 1 heterocycles. The second kappa shape index (κ2) is 9.84. The molecule has 9 heteroatoms. The number of carboxylic acids is 1. The zero-order valence-corrected chi connectivity index (χ0v) is 15.5. The lowest BCUT2D eigenvalue weighted by Gasteiger charge is -2.33. The van der Waals surface area contributed by atoms with Crippen LogP contribution in [0.4, 0.5) is 0 Å². The number of hydrogen-bond donors (Lipinski definition) is 4. The number of benzene rings is 1. The molecule has 28 heavy (non-hydrogen) atoms. The van der Waals surface area contributed by atoms with Gasteiger partial charge in [-0.1, -0.05) is 30.3 Å². The molecular weight excluding hydrogens is 364 g/mol. The Morgan fingerprint density at radius 3 is 2.29 bits per heavy atom. The highest BCUT2D eigenvalue weighted by atomic mass is 16.4. The average Bonchev–Trinajstić information content (AvgIpc) is 2.67. The van der Waals surface area contributed by atoms with E-state index in [0.717, 1.165) is 5.56 Å². The lowest BCUT2D eigenvalue weighted by atomic mass is 9.94. The predicted octanol–water partition coefficient (Wildman–Crippen LogP) is -0.760. The third-order valence-electron chi connectivity index (χ3n) is 4.81. The smallest absolute Gasteiger partial charge is 0.326 e. The Labute approximate surface area is 163 Å². The van der Waals surface area contributed by atoms with Gasteiger partial charge in [-0.25, -0.2) is 4.79 Å². The van der Waals surface area contributed by atoms with E-state index in [9.17, 15) is 19.2 Å². The number of hydrogen-bond acceptors (Lipinski definition) is 5. The van der Waals surface area contributed by atoms with E-state index < -0.39 is 42.2 Å². The number of rotatable bonds is 8. The maximum absolute atomic E-state index is 12.5.